The Morgan fingerprint density at radius 1 is 0.532 bits per heavy atom. The Hall–Kier alpha value is -3.54. The smallest absolute Gasteiger partial charge is 0.212 e. The first-order valence-corrected chi connectivity index (χ1v) is 17.7. The van der Waals surface area contributed by atoms with Gasteiger partial charge in [-0.15, -0.1) is 0 Å². The third-order valence-electron chi connectivity index (χ3n) is 10.4. The van der Waals surface area contributed by atoms with Gasteiger partial charge in [0, 0.05) is 34.6 Å². The highest BCUT2D eigenvalue weighted by Gasteiger charge is 2.24. The molecule has 0 saturated heterocycles. The van der Waals surface area contributed by atoms with Gasteiger partial charge in [-0.05, 0) is 123 Å². The monoisotopic (exact) mass is 644 g/mol. The quantitative estimate of drug-likeness (QED) is 0.134. The summed E-state index contributed by atoms with van der Waals surface area (Å²) in [5.74, 6) is 1.07. The molecule has 2 aromatic carbocycles. The summed E-state index contributed by atoms with van der Waals surface area (Å²) in [6.07, 6.45) is 18.9. The van der Waals surface area contributed by atoms with Gasteiger partial charge in [0.05, 0.1) is 0 Å². The number of rotatable bonds is 9. The van der Waals surface area contributed by atoms with Crippen molar-refractivity contribution in [3.05, 3.63) is 108 Å². The summed E-state index contributed by atoms with van der Waals surface area (Å²) in [6, 6.07) is 16.6. The van der Waals surface area contributed by atoms with Gasteiger partial charge in [0.25, 0.3) is 0 Å². The molecule has 2 nitrogen and oxygen atoms in total. The van der Waals surface area contributed by atoms with Gasteiger partial charge in [-0.1, -0.05) is 70.2 Å². The number of pyridine rings is 2. The van der Waals surface area contributed by atoms with Crippen LogP contribution in [-0.2, 0) is 0 Å². The Morgan fingerprint density at radius 3 is 1.34 bits per heavy atom. The van der Waals surface area contributed by atoms with E-state index in [1.54, 1.807) is 30.3 Å². The van der Waals surface area contributed by atoms with Crippen molar-refractivity contribution in [2.45, 2.75) is 109 Å². The maximum Gasteiger partial charge on any atom is 0.212 e. The minimum atomic E-state index is -0.547. The van der Waals surface area contributed by atoms with Gasteiger partial charge in [0.15, 0.2) is 0 Å². The van der Waals surface area contributed by atoms with E-state index in [2.05, 4.69) is 23.8 Å². The Kier molecular flexibility index (Phi) is 12.6. The second-order valence-electron chi connectivity index (χ2n) is 13.6. The molecule has 2 heterocycles. The molecule has 2 saturated carbocycles. The molecule has 0 spiro atoms. The molecular weight excluding hydrogens is 596 g/mol. The molecule has 0 radical (unpaired) electrons. The summed E-state index contributed by atoms with van der Waals surface area (Å²) < 4.78 is 54.8. The molecule has 4 aromatic rings. The van der Waals surface area contributed by atoms with Crippen molar-refractivity contribution in [2.24, 2.45) is 11.8 Å². The van der Waals surface area contributed by atoms with Crippen molar-refractivity contribution < 1.29 is 17.6 Å². The maximum atomic E-state index is 14.5. The number of halogens is 4. The zero-order valence-electron chi connectivity index (χ0n) is 27.8. The molecule has 2 aliphatic carbocycles. The molecule has 2 aliphatic rings. The van der Waals surface area contributed by atoms with E-state index >= 15 is 0 Å². The summed E-state index contributed by atoms with van der Waals surface area (Å²) in [6.45, 7) is 4.48. The standard InChI is InChI=1S/C21H25F2N.C20H23F2N/c1-2-3-4-15-5-7-16(8-6-15)17-9-11-19(20(22)13-17)18-10-12-21(23)24-14-18;1-2-3-14-4-6-15(7-5-14)16-8-10-18(19(21)12-16)17-9-11-20(22)23-13-17/h9-16H,2-8H2,1H3;8-15H,2-7H2,1H3/t15-,16-;14-,15-. The first kappa shape index (κ1) is 34.8. The fourth-order valence-electron chi connectivity index (χ4n) is 7.58. The van der Waals surface area contributed by atoms with E-state index in [0.29, 0.717) is 34.1 Å². The van der Waals surface area contributed by atoms with E-state index in [9.17, 15) is 17.6 Å². The summed E-state index contributed by atoms with van der Waals surface area (Å²) >= 11 is 0. The van der Waals surface area contributed by atoms with Gasteiger partial charge < -0.3 is 0 Å². The minimum Gasteiger partial charge on any atom is -0.228 e. The number of benzene rings is 2. The van der Waals surface area contributed by atoms with E-state index in [-0.39, 0.29) is 11.6 Å². The van der Waals surface area contributed by atoms with Crippen LogP contribution in [-0.4, -0.2) is 9.97 Å². The van der Waals surface area contributed by atoms with Crippen LogP contribution in [0, 0.1) is 35.4 Å². The van der Waals surface area contributed by atoms with Crippen LogP contribution in [0.1, 0.15) is 120 Å². The SMILES string of the molecule is CCCC[C@H]1CC[C@H](c2ccc(-c3ccc(F)nc3)c(F)c2)CC1.CCC[C@H]1CC[C@H](c2ccc(-c3ccc(F)nc3)c(F)c2)CC1. The summed E-state index contributed by atoms with van der Waals surface area (Å²) in [5.41, 5.74) is 4.39. The predicted molar refractivity (Wildman–Crippen MR) is 183 cm³/mol. The number of nitrogens with zero attached hydrogens (tertiary/aromatic N) is 2. The van der Waals surface area contributed by atoms with Gasteiger partial charge in [-0.25, -0.2) is 18.7 Å². The zero-order chi connectivity index (χ0) is 33.2. The highest BCUT2D eigenvalue weighted by atomic mass is 19.1. The third kappa shape index (κ3) is 9.52. The van der Waals surface area contributed by atoms with E-state index in [1.165, 1.54) is 82.3 Å². The summed E-state index contributed by atoms with van der Waals surface area (Å²) in [7, 11) is 0. The average molecular weight is 645 g/mol. The highest BCUT2D eigenvalue weighted by Crippen LogP contribution is 2.40. The van der Waals surface area contributed by atoms with Crippen molar-refractivity contribution in [3.8, 4) is 22.3 Å². The van der Waals surface area contributed by atoms with Crippen LogP contribution in [0.5, 0.6) is 0 Å². The van der Waals surface area contributed by atoms with Gasteiger partial charge in [0.1, 0.15) is 11.6 Å². The molecule has 0 atom stereocenters. The Bertz CT molecular complexity index is 1540. The zero-order valence-corrected chi connectivity index (χ0v) is 27.8. The van der Waals surface area contributed by atoms with Crippen molar-refractivity contribution >= 4 is 0 Å². The topological polar surface area (TPSA) is 25.8 Å². The third-order valence-corrected chi connectivity index (χ3v) is 10.4. The lowest BCUT2D eigenvalue weighted by Gasteiger charge is -2.29. The van der Waals surface area contributed by atoms with Gasteiger partial charge >= 0.3 is 0 Å². The van der Waals surface area contributed by atoms with E-state index in [4.69, 9.17) is 0 Å². The first-order valence-electron chi connectivity index (χ1n) is 17.7. The predicted octanol–water partition coefficient (Wildman–Crippen LogP) is 12.6. The van der Waals surface area contributed by atoms with Crippen LogP contribution in [0.15, 0.2) is 73.1 Å². The maximum absolute atomic E-state index is 14.5. The van der Waals surface area contributed by atoms with E-state index in [0.717, 1.165) is 48.6 Å². The summed E-state index contributed by atoms with van der Waals surface area (Å²) in [4.78, 5) is 7.21. The molecule has 6 heteroatoms. The Labute approximate surface area is 278 Å². The molecule has 0 aliphatic heterocycles. The number of unbranched alkanes of at least 4 members (excludes halogenated alkanes) is 1. The van der Waals surface area contributed by atoms with Gasteiger partial charge in [-0.3, -0.25) is 0 Å². The van der Waals surface area contributed by atoms with Gasteiger partial charge in [-0.2, -0.15) is 8.78 Å². The molecule has 250 valence electrons. The molecule has 0 amide bonds. The molecule has 2 aromatic heterocycles. The molecule has 0 unspecified atom stereocenters. The van der Waals surface area contributed by atoms with Crippen molar-refractivity contribution in [3.63, 3.8) is 0 Å². The fraction of sp³-hybridized carbons (Fsp3) is 0.463. The van der Waals surface area contributed by atoms with Crippen LogP contribution >= 0.6 is 0 Å². The molecular formula is C41H48F4N2. The molecule has 0 bridgehead atoms. The number of hydrogen-bond acceptors (Lipinski definition) is 2. The Morgan fingerprint density at radius 2 is 0.979 bits per heavy atom. The number of aromatic nitrogens is 2. The highest BCUT2D eigenvalue weighted by molar-refractivity contribution is 5.64. The lowest BCUT2D eigenvalue weighted by molar-refractivity contribution is 0.304. The van der Waals surface area contributed by atoms with Crippen molar-refractivity contribution in [2.75, 3.05) is 0 Å². The van der Waals surface area contributed by atoms with Crippen molar-refractivity contribution in [1.29, 1.82) is 0 Å². The molecule has 2 fully saturated rings. The van der Waals surface area contributed by atoms with E-state index < -0.39 is 11.9 Å². The van der Waals surface area contributed by atoms with Crippen LogP contribution in [0.4, 0.5) is 17.6 Å². The van der Waals surface area contributed by atoms with Crippen LogP contribution in [0.3, 0.4) is 0 Å². The summed E-state index contributed by atoms with van der Waals surface area (Å²) in [5, 5.41) is 0. The van der Waals surface area contributed by atoms with Crippen LogP contribution in [0.25, 0.3) is 22.3 Å². The van der Waals surface area contributed by atoms with E-state index in [1.807, 2.05) is 18.2 Å². The second kappa shape index (κ2) is 17.0. The van der Waals surface area contributed by atoms with Crippen LogP contribution < -0.4 is 0 Å². The molecule has 6 rings (SSSR count). The Balaban J connectivity index is 0.000000185. The lowest BCUT2D eigenvalue weighted by Crippen LogP contribution is -2.13. The molecule has 0 N–H and O–H groups in total. The average Bonchev–Trinajstić information content (AvgIpc) is 3.09. The lowest BCUT2D eigenvalue weighted by atomic mass is 9.77. The fourth-order valence-corrected chi connectivity index (χ4v) is 7.58. The largest absolute Gasteiger partial charge is 0.228 e. The second-order valence-corrected chi connectivity index (χ2v) is 13.6. The normalized spacial score (nSPS) is 21.1. The number of hydrogen-bond donors (Lipinski definition) is 0. The van der Waals surface area contributed by atoms with Crippen molar-refractivity contribution in [1.82, 2.24) is 9.97 Å². The van der Waals surface area contributed by atoms with Crippen LogP contribution in [0.2, 0.25) is 0 Å². The first-order chi connectivity index (χ1) is 22.8. The molecule has 47 heavy (non-hydrogen) atoms. The minimum absolute atomic E-state index is 0.242. The van der Waals surface area contributed by atoms with Gasteiger partial charge in [0.2, 0.25) is 11.9 Å².